The summed E-state index contributed by atoms with van der Waals surface area (Å²) in [5, 5.41) is 19.4. The summed E-state index contributed by atoms with van der Waals surface area (Å²) in [6.45, 7) is 4.26. The highest BCUT2D eigenvalue weighted by Crippen LogP contribution is 2.48. The lowest BCUT2D eigenvalue weighted by atomic mass is 10.0. The lowest BCUT2D eigenvalue weighted by Gasteiger charge is -2.20. The van der Waals surface area contributed by atoms with E-state index in [2.05, 4.69) is 4.98 Å². The van der Waals surface area contributed by atoms with E-state index in [0.29, 0.717) is 30.2 Å². The summed E-state index contributed by atoms with van der Waals surface area (Å²) in [4.78, 5) is 16.9. The van der Waals surface area contributed by atoms with Crippen LogP contribution in [0.25, 0.3) is 11.3 Å². The fourth-order valence-electron chi connectivity index (χ4n) is 3.62. The molecule has 0 unspecified atom stereocenters. The number of fused-ring (bicyclic) bond motifs is 1. The molecule has 2 N–H and O–H groups in total. The van der Waals surface area contributed by atoms with Gasteiger partial charge < -0.3 is 19.8 Å². The number of ether oxygens (including phenoxy) is 1. The molecule has 6 nitrogen and oxygen atoms in total. The van der Waals surface area contributed by atoms with Crippen molar-refractivity contribution in [3.63, 3.8) is 0 Å². The summed E-state index contributed by atoms with van der Waals surface area (Å²) in [5.74, 6) is 0.647. The largest absolute Gasteiger partial charge is 0.490 e. The van der Waals surface area contributed by atoms with Crippen molar-refractivity contribution in [3.8, 4) is 17.0 Å². The molecule has 3 atom stereocenters. The van der Waals surface area contributed by atoms with Crippen molar-refractivity contribution in [1.82, 2.24) is 9.88 Å². The minimum absolute atomic E-state index is 0.0290. The molecular weight excluding hydrogens is 351 g/mol. The van der Waals surface area contributed by atoms with E-state index in [1.54, 1.807) is 38.1 Å². The summed E-state index contributed by atoms with van der Waals surface area (Å²) in [6, 6.07) is 9.46. The van der Waals surface area contributed by atoms with Gasteiger partial charge in [0.25, 0.3) is 0 Å². The third-order valence-corrected chi connectivity index (χ3v) is 5.22. The second-order valence-corrected chi connectivity index (χ2v) is 7.74. The van der Waals surface area contributed by atoms with Gasteiger partial charge in [-0.25, -0.2) is 14.2 Å². The summed E-state index contributed by atoms with van der Waals surface area (Å²) in [7, 11) is 0. The number of carbonyl (C=O) groups is 1. The van der Waals surface area contributed by atoms with E-state index in [4.69, 9.17) is 9.84 Å². The van der Waals surface area contributed by atoms with Crippen molar-refractivity contribution in [2.75, 3.05) is 13.1 Å². The first-order valence-electron chi connectivity index (χ1n) is 8.88. The average molecular weight is 372 g/mol. The molecule has 1 aliphatic heterocycles. The zero-order valence-corrected chi connectivity index (χ0v) is 15.1. The molecule has 1 aromatic heterocycles. The number of halogens is 1. The van der Waals surface area contributed by atoms with E-state index in [0.717, 1.165) is 5.56 Å². The quantitative estimate of drug-likeness (QED) is 0.862. The maximum atomic E-state index is 13.2. The van der Waals surface area contributed by atoms with E-state index in [1.807, 2.05) is 0 Å². The Bertz CT molecular complexity index is 867. The fourth-order valence-corrected chi connectivity index (χ4v) is 3.62. The predicted octanol–water partition coefficient (Wildman–Crippen LogP) is 3.10. The Balaban J connectivity index is 1.59. The second kappa shape index (κ2) is 6.20. The molecule has 0 radical (unpaired) electrons. The Kier molecular flexibility index (Phi) is 4.07. The van der Waals surface area contributed by atoms with Gasteiger partial charge in [-0.05, 0) is 38.1 Å². The molecule has 27 heavy (non-hydrogen) atoms. The highest BCUT2D eigenvalue weighted by atomic mass is 19.1. The van der Waals surface area contributed by atoms with Crippen LogP contribution in [0.4, 0.5) is 9.18 Å². The highest BCUT2D eigenvalue weighted by Gasteiger charge is 2.59. The number of piperidine rings is 1. The van der Waals surface area contributed by atoms with Crippen molar-refractivity contribution in [2.45, 2.75) is 25.6 Å². The van der Waals surface area contributed by atoms with Crippen LogP contribution in [0.15, 0.2) is 36.4 Å². The molecule has 1 amide bonds. The van der Waals surface area contributed by atoms with Crippen molar-refractivity contribution >= 4 is 6.09 Å². The third-order valence-electron chi connectivity index (χ3n) is 5.22. The molecule has 142 valence electrons. The SMILES string of the molecule is CC(C)(O)c1cc(O[C@@H]2[C@@H]3CN(C(=O)O)C[C@@H]32)cc(-c2ccc(F)cc2)n1. The Labute approximate surface area is 156 Å². The maximum absolute atomic E-state index is 13.2. The number of carboxylic acid groups (broad SMARTS) is 1. The van der Waals surface area contributed by atoms with Crippen LogP contribution in [-0.4, -0.2) is 45.4 Å². The molecule has 1 aromatic carbocycles. The summed E-state index contributed by atoms with van der Waals surface area (Å²) >= 11 is 0. The molecule has 7 heteroatoms. The number of rotatable bonds is 4. The Hall–Kier alpha value is -2.67. The number of benzene rings is 1. The van der Waals surface area contributed by atoms with Crippen LogP contribution < -0.4 is 4.74 Å². The minimum Gasteiger partial charge on any atom is -0.490 e. The van der Waals surface area contributed by atoms with Gasteiger partial charge in [-0.3, -0.25) is 0 Å². The van der Waals surface area contributed by atoms with Crippen LogP contribution in [0.1, 0.15) is 19.5 Å². The fraction of sp³-hybridized carbons (Fsp3) is 0.400. The van der Waals surface area contributed by atoms with Crippen molar-refractivity contribution in [3.05, 3.63) is 47.9 Å². The molecule has 1 saturated carbocycles. The van der Waals surface area contributed by atoms with Crippen LogP contribution in [0.3, 0.4) is 0 Å². The summed E-state index contributed by atoms with van der Waals surface area (Å²) in [5.41, 5.74) is 0.605. The number of amides is 1. The average Bonchev–Trinajstić information content (AvgIpc) is 3.03. The minimum atomic E-state index is -1.16. The molecule has 0 bridgehead atoms. The van der Waals surface area contributed by atoms with Gasteiger partial charge in [0.1, 0.15) is 23.3 Å². The lowest BCUT2D eigenvalue weighted by molar-refractivity contribution is 0.0734. The topological polar surface area (TPSA) is 82.9 Å². The van der Waals surface area contributed by atoms with E-state index < -0.39 is 11.7 Å². The zero-order valence-electron chi connectivity index (χ0n) is 15.1. The highest BCUT2D eigenvalue weighted by molar-refractivity contribution is 5.66. The standard InChI is InChI=1S/C20H21FN2O4/c1-20(2,26)17-8-13(7-16(22-17)11-3-5-12(21)6-4-11)27-18-14-9-23(19(24)25)10-15(14)18/h3-8,14-15,18,26H,9-10H2,1-2H3,(H,24,25)/t14-,15+,18-. The van der Waals surface area contributed by atoms with Gasteiger partial charge in [0.15, 0.2) is 0 Å². The number of hydrogen-bond donors (Lipinski definition) is 2. The van der Waals surface area contributed by atoms with Gasteiger partial charge in [0, 0.05) is 42.6 Å². The molecule has 2 aromatic rings. The molecule has 2 aliphatic rings. The molecule has 2 fully saturated rings. The zero-order chi connectivity index (χ0) is 19.3. The maximum Gasteiger partial charge on any atom is 0.407 e. The Morgan fingerprint density at radius 2 is 1.85 bits per heavy atom. The van der Waals surface area contributed by atoms with Gasteiger partial charge >= 0.3 is 6.09 Å². The molecule has 1 saturated heterocycles. The number of aliphatic hydroxyl groups is 1. The van der Waals surface area contributed by atoms with Gasteiger partial charge in [-0.1, -0.05) is 0 Å². The van der Waals surface area contributed by atoms with E-state index in [9.17, 15) is 14.3 Å². The normalized spacial score (nSPS) is 23.9. The first-order chi connectivity index (χ1) is 12.7. The lowest BCUT2D eigenvalue weighted by Crippen LogP contribution is -2.31. The molecule has 0 spiro atoms. The molecule has 4 rings (SSSR count). The van der Waals surface area contributed by atoms with Gasteiger partial charge in [-0.2, -0.15) is 0 Å². The Morgan fingerprint density at radius 1 is 1.22 bits per heavy atom. The third kappa shape index (κ3) is 3.47. The van der Waals surface area contributed by atoms with Crippen molar-refractivity contribution < 1.29 is 24.1 Å². The van der Waals surface area contributed by atoms with E-state index >= 15 is 0 Å². The van der Waals surface area contributed by atoms with Gasteiger partial charge in [0.2, 0.25) is 0 Å². The van der Waals surface area contributed by atoms with Crippen molar-refractivity contribution in [2.24, 2.45) is 11.8 Å². The molecule has 1 aliphatic carbocycles. The van der Waals surface area contributed by atoms with Crippen LogP contribution in [0, 0.1) is 17.7 Å². The first-order valence-corrected chi connectivity index (χ1v) is 8.88. The van der Waals surface area contributed by atoms with Crippen LogP contribution >= 0.6 is 0 Å². The van der Waals surface area contributed by atoms with Crippen LogP contribution in [-0.2, 0) is 5.60 Å². The number of pyridine rings is 1. The molecular formula is C20H21FN2O4. The summed E-state index contributed by atoms with van der Waals surface area (Å²) in [6.07, 6.45) is -0.925. The number of aromatic nitrogens is 1. The van der Waals surface area contributed by atoms with E-state index in [1.165, 1.54) is 17.0 Å². The smallest absolute Gasteiger partial charge is 0.407 e. The van der Waals surface area contributed by atoms with E-state index in [-0.39, 0.29) is 23.8 Å². The molecule has 2 heterocycles. The monoisotopic (exact) mass is 372 g/mol. The van der Waals surface area contributed by atoms with Gasteiger partial charge in [0.05, 0.1) is 11.4 Å². The number of nitrogens with zero attached hydrogens (tertiary/aromatic N) is 2. The van der Waals surface area contributed by atoms with Crippen molar-refractivity contribution in [1.29, 1.82) is 0 Å². The second-order valence-electron chi connectivity index (χ2n) is 7.74. The van der Waals surface area contributed by atoms with Gasteiger partial charge in [-0.15, -0.1) is 0 Å². The van der Waals surface area contributed by atoms with Crippen LogP contribution in [0.5, 0.6) is 5.75 Å². The number of likely N-dealkylation sites (tertiary alicyclic amines) is 1. The Morgan fingerprint density at radius 3 is 2.41 bits per heavy atom. The van der Waals surface area contributed by atoms with Crippen LogP contribution in [0.2, 0.25) is 0 Å². The number of hydrogen-bond acceptors (Lipinski definition) is 4. The predicted molar refractivity (Wildman–Crippen MR) is 95.9 cm³/mol. The summed E-state index contributed by atoms with van der Waals surface area (Å²) < 4.78 is 19.3. The first kappa shape index (κ1) is 17.7.